The van der Waals surface area contributed by atoms with E-state index >= 15 is 0 Å². The Kier molecular flexibility index (Phi) is 4.35. The number of ether oxygens (including phenoxy) is 1. The molecule has 0 aliphatic carbocycles. The van der Waals surface area contributed by atoms with Crippen molar-refractivity contribution in [1.82, 2.24) is 4.90 Å². The van der Waals surface area contributed by atoms with E-state index in [-0.39, 0.29) is 17.9 Å². The van der Waals surface area contributed by atoms with Crippen LogP contribution < -0.4 is 0 Å². The summed E-state index contributed by atoms with van der Waals surface area (Å²) < 4.78 is 5.33. The predicted molar refractivity (Wildman–Crippen MR) is 80.8 cm³/mol. The SMILES string of the molecule is C[C@H]1C[C@@H](Cc2ccccc2)C(=O)N1C(=O)OC(C)(C)C. The molecule has 2 atom stereocenters. The molecule has 114 valence electrons. The smallest absolute Gasteiger partial charge is 0.417 e. The van der Waals surface area contributed by atoms with Gasteiger partial charge in [0.15, 0.2) is 0 Å². The third kappa shape index (κ3) is 3.84. The minimum atomic E-state index is -0.589. The van der Waals surface area contributed by atoms with E-state index in [1.807, 2.05) is 37.3 Å². The Bertz CT molecular complexity index is 519. The molecular formula is C17H23NO3. The van der Waals surface area contributed by atoms with Gasteiger partial charge in [0.1, 0.15) is 5.60 Å². The first-order valence-electron chi connectivity index (χ1n) is 7.38. The summed E-state index contributed by atoms with van der Waals surface area (Å²) in [4.78, 5) is 25.9. The highest BCUT2D eigenvalue weighted by molar-refractivity contribution is 5.95. The number of amides is 2. The lowest BCUT2D eigenvalue weighted by molar-refractivity contribution is -0.131. The van der Waals surface area contributed by atoms with Crippen molar-refractivity contribution in [3.63, 3.8) is 0 Å². The number of rotatable bonds is 2. The highest BCUT2D eigenvalue weighted by Gasteiger charge is 2.42. The fourth-order valence-corrected chi connectivity index (χ4v) is 2.68. The highest BCUT2D eigenvalue weighted by Crippen LogP contribution is 2.29. The molecule has 0 N–H and O–H groups in total. The molecule has 0 radical (unpaired) electrons. The summed E-state index contributed by atoms with van der Waals surface area (Å²) >= 11 is 0. The summed E-state index contributed by atoms with van der Waals surface area (Å²) in [7, 11) is 0. The van der Waals surface area contributed by atoms with Crippen molar-refractivity contribution in [2.45, 2.75) is 52.2 Å². The van der Waals surface area contributed by atoms with Gasteiger partial charge in [-0.25, -0.2) is 9.69 Å². The van der Waals surface area contributed by atoms with Crippen LogP contribution in [-0.2, 0) is 16.0 Å². The summed E-state index contributed by atoms with van der Waals surface area (Å²) in [6.07, 6.45) is 0.826. The normalized spacial score (nSPS) is 22.5. The number of benzene rings is 1. The molecule has 0 spiro atoms. The minimum Gasteiger partial charge on any atom is -0.443 e. The molecule has 0 saturated carbocycles. The summed E-state index contributed by atoms with van der Waals surface area (Å²) in [6, 6.07) is 9.78. The number of hydrogen-bond donors (Lipinski definition) is 0. The van der Waals surface area contributed by atoms with E-state index in [1.54, 1.807) is 20.8 Å². The van der Waals surface area contributed by atoms with Crippen LogP contribution in [0, 0.1) is 5.92 Å². The number of nitrogens with zero attached hydrogens (tertiary/aromatic N) is 1. The first-order valence-corrected chi connectivity index (χ1v) is 7.38. The molecular weight excluding hydrogens is 266 g/mol. The molecule has 1 saturated heterocycles. The first kappa shape index (κ1) is 15.5. The fourth-order valence-electron chi connectivity index (χ4n) is 2.68. The van der Waals surface area contributed by atoms with Gasteiger partial charge in [-0.2, -0.15) is 0 Å². The van der Waals surface area contributed by atoms with Gasteiger partial charge in [-0.05, 0) is 46.1 Å². The van der Waals surface area contributed by atoms with Gasteiger partial charge in [-0.3, -0.25) is 4.79 Å². The zero-order valence-electron chi connectivity index (χ0n) is 13.1. The van der Waals surface area contributed by atoms with E-state index in [2.05, 4.69) is 0 Å². The van der Waals surface area contributed by atoms with E-state index in [9.17, 15) is 9.59 Å². The van der Waals surface area contributed by atoms with E-state index in [0.29, 0.717) is 12.8 Å². The van der Waals surface area contributed by atoms with E-state index in [0.717, 1.165) is 5.56 Å². The summed E-state index contributed by atoms with van der Waals surface area (Å²) in [5.41, 5.74) is 0.531. The van der Waals surface area contributed by atoms with Crippen molar-refractivity contribution < 1.29 is 14.3 Å². The predicted octanol–water partition coefficient (Wildman–Crippen LogP) is 3.40. The Hall–Kier alpha value is -1.84. The second kappa shape index (κ2) is 5.88. The van der Waals surface area contributed by atoms with Gasteiger partial charge in [-0.15, -0.1) is 0 Å². The van der Waals surface area contributed by atoms with Crippen molar-refractivity contribution in [3.8, 4) is 0 Å². The minimum absolute atomic E-state index is 0.110. The monoisotopic (exact) mass is 289 g/mol. The quantitative estimate of drug-likeness (QED) is 0.838. The van der Waals surface area contributed by atoms with Crippen LogP contribution in [0.3, 0.4) is 0 Å². The Morgan fingerprint density at radius 3 is 2.48 bits per heavy atom. The molecule has 1 heterocycles. The zero-order chi connectivity index (χ0) is 15.6. The van der Waals surface area contributed by atoms with Crippen LogP contribution in [0.1, 0.15) is 39.7 Å². The second-order valence-electron chi connectivity index (χ2n) is 6.66. The fraction of sp³-hybridized carbons (Fsp3) is 0.529. The standard InChI is InChI=1S/C17H23NO3/c1-12-10-14(11-13-8-6-5-7-9-13)15(19)18(12)16(20)21-17(2,3)4/h5-9,12,14H,10-11H2,1-4H3/t12-,14-/m0/s1. The summed E-state index contributed by atoms with van der Waals surface area (Å²) in [5.74, 6) is -0.268. The molecule has 2 rings (SSSR count). The van der Waals surface area contributed by atoms with Crippen molar-refractivity contribution in [2.24, 2.45) is 5.92 Å². The summed E-state index contributed by atoms with van der Waals surface area (Å²) in [6.45, 7) is 7.31. The van der Waals surface area contributed by atoms with E-state index in [4.69, 9.17) is 4.74 Å². The lowest BCUT2D eigenvalue weighted by Crippen LogP contribution is -2.41. The van der Waals surface area contributed by atoms with Crippen molar-refractivity contribution in [3.05, 3.63) is 35.9 Å². The van der Waals surface area contributed by atoms with Crippen molar-refractivity contribution in [1.29, 1.82) is 0 Å². The van der Waals surface area contributed by atoms with Crippen LogP contribution in [0.4, 0.5) is 4.79 Å². The molecule has 4 nitrogen and oxygen atoms in total. The lowest BCUT2D eigenvalue weighted by Gasteiger charge is -2.25. The van der Waals surface area contributed by atoms with Crippen LogP contribution in [0.2, 0.25) is 0 Å². The van der Waals surface area contributed by atoms with Crippen LogP contribution in [0.15, 0.2) is 30.3 Å². The van der Waals surface area contributed by atoms with Gasteiger partial charge in [0, 0.05) is 12.0 Å². The average molecular weight is 289 g/mol. The Morgan fingerprint density at radius 2 is 1.90 bits per heavy atom. The molecule has 4 heteroatoms. The number of hydrogen-bond acceptors (Lipinski definition) is 3. The van der Waals surface area contributed by atoms with Gasteiger partial charge < -0.3 is 4.74 Å². The third-order valence-corrected chi connectivity index (χ3v) is 3.57. The van der Waals surface area contributed by atoms with Crippen LogP contribution in [-0.4, -0.2) is 28.5 Å². The zero-order valence-corrected chi connectivity index (χ0v) is 13.1. The van der Waals surface area contributed by atoms with Gasteiger partial charge in [0.25, 0.3) is 0 Å². The molecule has 0 unspecified atom stereocenters. The molecule has 1 fully saturated rings. The van der Waals surface area contributed by atoms with Gasteiger partial charge in [-0.1, -0.05) is 30.3 Å². The third-order valence-electron chi connectivity index (χ3n) is 3.57. The molecule has 0 bridgehead atoms. The van der Waals surface area contributed by atoms with Crippen molar-refractivity contribution >= 4 is 12.0 Å². The molecule has 1 aromatic carbocycles. The highest BCUT2D eigenvalue weighted by atomic mass is 16.6. The maximum absolute atomic E-state index is 12.5. The molecule has 0 aromatic heterocycles. The summed E-state index contributed by atoms with van der Waals surface area (Å²) in [5, 5.41) is 0. The van der Waals surface area contributed by atoms with Gasteiger partial charge >= 0.3 is 6.09 Å². The lowest BCUT2D eigenvalue weighted by atomic mass is 9.97. The number of imide groups is 1. The largest absolute Gasteiger partial charge is 0.443 e. The molecule has 2 amide bonds. The van der Waals surface area contributed by atoms with Crippen LogP contribution in [0.25, 0.3) is 0 Å². The van der Waals surface area contributed by atoms with E-state index < -0.39 is 11.7 Å². The van der Waals surface area contributed by atoms with Crippen LogP contribution in [0.5, 0.6) is 0 Å². The molecule has 1 aromatic rings. The molecule has 1 aliphatic heterocycles. The van der Waals surface area contributed by atoms with Gasteiger partial charge in [0.2, 0.25) is 5.91 Å². The first-order chi connectivity index (χ1) is 9.78. The topological polar surface area (TPSA) is 46.6 Å². The maximum atomic E-state index is 12.5. The van der Waals surface area contributed by atoms with Crippen molar-refractivity contribution in [2.75, 3.05) is 0 Å². The Labute approximate surface area is 126 Å². The van der Waals surface area contributed by atoms with E-state index in [1.165, 1.54) is 4.90 Å². The molecule has 21 heavy (non-hydrogen) atoms. The second-order valence-corrected chi connectivity index (χ2v) is 6.66. The Balaban J connectivity index is 2.06. The number of carbonyl (C=O) groups excluding carboxylic acids is 2. The maximum Gasteiger partial charge on any atom is 0.417 e. The average Bonchev–Trinajstić information content (AvgIpc) is 2.63. The van der Waals surface area contributed by atoms with Gasteiger partial charge in [0.05, 0.1) is 0 Å². The van der Waals surface area contributed by atoms with Crippen LogP contribution >= 0.6 is 0 Å². The number of carbonyl (C=O) groups is 2. The molecule has 1 aliphatic rings. The number of likely N-dealkylation sites (tertiary alicyclic amines) is 1. The Morgan fingerprint density at radius 1 is 1.29 bits per heavy atom.